The van der Waals surface area contributed by atoms with Gasteiger partial charge >= 0.3 is 6.18 Å². The predicted octanol–water partition coefficient (Wildman–Crippen LogP) is 6.68. The number of para-hydroxylation sites is 2. The number of nitrogens with zero attached hydrogens (tertiary/aromatic N) is 3. The fourth-order valence-corrected chi connectivity index (χ4v) is 4.05. The summed E-state index contributed by atoms with van der Waals surface area (Å²) >= 11 is 0. The first-order chi connectivity index (χ1) is 19.7. The quantitative estimate of drug-likeness (QED) is 0.217. The lowest BCUT2D eigenvalue weighted by Gasteiger charge is -2.16. The van der Waals surface area contributed by atoms with E-state index in [9.17, 15) is 18.0 Å². The number of aryl methyl sites for hydroxylation is 1. The number of nitrogens with one attached hydrogen (secondary N) is 2. The highest BCUT2D eigenvalue weighted by molar-refractivity contribution is 5.92. The van der Waals surface area contributed by atoms with E-state index < -0.39 is 11.7 Å². The monoisotopic (exact) mass is 563 g/mol. The summed E-state index contributed by atoms with van der Waals surface area (Å²) in [6.07, 6.45) is -3.11. The molecule has 210 valence electrons. The van der Waals surface area contributed by atoms with Crippen molar-refractivity contribution in [1.82, 2.24) is 19.9 Å². The molecule has 0 aliphatic heterocycles. The fourth-order valence-electron chi connectivity index (χ4n) is 4.05. The molecular weight excluding hydrogens is 539 g/mol. The zero-order valence-corrected chi connectivity index (χ0v) is 22.1. The standard InChI is InChI=1S/C29H24F3N5O4/c1-33-27(38)22-16-19(12-13-34-22)40-18-9-10-23-20(15-18)35-28(37(23)2)36-21-14-17(29(30,31)32)8-11-24(21)41-26-7-5-4-6-25(26)39-3/h4-16H,1-3H3,(H,33,38)(H,35,36). The van der Waals surface area contributed by atoms with Crippen LogP contribution in [0.5, 0.6) is 28.7 Å². The highest BCUT2D eigenvalue weighted by Crippen LogP contribution is 2.40. The van der Waals surface area contributed by atoms with Gasteiger partial charge in [-0.2, -0.15) is 13.2 Å². The third kappa shape index (κ3) is 5.86. The van der Waals surface area contributed by atoms with E-state index in [4.69, 9.17) is 14.2 Å². The first-order valence-electron chi connectivity index (χ1n) is 12.3. The number of imidazole rings is 1. The van der Waals surface area contributed by atoms with Crippen LogP contribution in [0, 0.1) is 0 Å². The van der Waals surface area contributed by atoms with Crippen LogP contribution in [0.25, 0.3) is 11.0 Å². The van der Waals surface area contributed by atoms with Gasteiger partial charge in [0.2, 0.25) is 5.95 Å². The maximum absolute atomic E-state index is 13.6. The molecule has 41 heavy (non-hydrogen) atoms. The van der Waals surface area contributed by atoms with Gasteiger partial charge in [0, 0.05) is 32.4 Å². The van der Waals surface area contributed by atoms with Crippen molar-refractivity contribution in [3.63, 3.8) is 0 Å². The lowest BCUT2D eigenvalue weighted by molar-refractivity contribution is -0.137. The van der Waals surface area contributed by atoms with Gasteiger partial charge in [0.25, 0.3) is 5.91 Å². The Morgan fingerprint density at radius 1 is 0.902 bits per heavy atom. The minimum absolute atomic E-state index is 0.0547. The molecule has 0 aliphatic rings. The Hall–Kier alpha value is -5.26. The summed E-state index contributed by atoms with van der Waals surface area (Å²) in [6, 6.07) is 18.2. The SMILES string of the molecule is CNC(=O)c1cc(Oc2ccc3c(c2)nc(Nc2cc(C(F)(F)F)ccc2Oc2ccccc2OC)n3C)ccn1. The summed E-state index contributed by atoms with van der Waals surface area (Å²) < 4.78 is 59.7. The van der Waals surface area contributed by atoms with Crippen LogP contribution in [0.3, 0.4) is 0 Å². The zero-order chi connectivity index (χ0) is 29.1. The van der Waals surface area contributed by atoms with Crippen molar-refractivity contribution < 1.29 is 32.2 Å². The van der Waals surface area contributed by atoms with E-state index in [1.54, 1.807) is 60.1 Å². The highest BCUT2D eigenvalue weighted by atomic mass is 19.4. The molecule has 0 atom stereocenters. The number of carbonyl (C=O) groups is 1. The van der Waals surface area contributed by atoms with Crippen molar-refractivity contribution in [1.29, 1.82) is 0 Å². The van der Waals surface area contributed by atoms with Crippen LogP contribution in [0.4, 0.5) is 24.8 Å². The number of hydrogen-bond acceptors (Lipinski definition) is 7. The van der Waals surface area contributed by atoms with Gasteiger partial charge in [0.05, 0.1) is 29.4 Å². The van der Waals surface area contributed by atoms with E-state index in [2.05, 4.69) is 20.6 Å². The second kappa shape index (κ2) is 11.1. The third-order valence-corrected chi connectivity index (χ3v) is 6.12. The number of hydrogen-bond donors (Lipinski definition) is 2. The van der Waals surface area contributed by atoms with Crippen molar-refractivity contribution in [2.45, 2.75) is 6.18 Å². The van der Waals surface area contributed by atoms with Crippen molar-refractivity contribution in [2.24, 2.45) is 7.05 Å². The molecule has 2 heterocycles. The number of ether oxygens (including phenoxy) is 3. The summed E-state index contributed by atoms with van der Waals surface area (Å²) in [4.78, 5) is 20.5. The second-order valence-electron chi connectivity index (χ2n) is 8.79. The van der Waals surface area contributed by atoms with Gasteiger partial charge in [0.1, 0.15) is 17.2 Å². The van der Waals surface area contributed by atoms with Crippen LogP contribution in [0.1, 0.15) is 16.1 Å². The Bertz CT molecular complexity index is 1740. The molecule has 1 amide bonds. The number of methoxy groups -OCH3 is 1. The van der Waals surface area contributed by atoms with Crippen molar-refractivity contribution in [3.8, 4) is 28.7 Å². The van der Waals surface area contributed by atoms with E-state index in [-0.39, 0.29) is 29.0 Å². The lowest BCUT2D eigenvalue weighted by Crippen LogP contribution is -2.18. The van der Waals surface area contributed by atoms with Crippen LogP contribution >= 0.6 is 0 Å². The second-order valence-corrected chi connectivity index (χ2v) is 8.79. The molecule has 0 saturated carbocycles. The van der Waals surface area contributed by atoms with E-state index in [1.165, 1.54) is 32.5 Å². The number of pyridine rings is 1. The largest absolute Gasteiger partial charge is 0.493 e. The summed E-state index contributed by atoms with van der Waals surface area (Å²) in [5, 5.41) is 5.49. The maximum atomic E-state index is 13.6. The Labute approximate surface area is 232 Å². The Morgan fingerprint density at radius 3 is 2.39 bits per heavy atom. The number of benzene rings is 3. The molecule has 0 radical (unpaired) electrons. The lowest BCUT2D eigenvalue weighted by atomic mass is 10.1. The summed E-state index contributed by atoms with van der Waals surface area (Å²) in [7, 11) is 4.71. The van der Waals surface area contributed by atoms with E-state index >= 15 is 0 Å². The third-order valence-electron chi connectivity index (χ3n) is 6.12. The van der Waals surface area contributed by atoms with E-state index in [0.717, 1.165) is 12.1 Å². The number of fused-ring (bicyclic) bond motifs is 1. The topological polar surface area (TPSA) is 99.5 Å². The first-order valence-corrected chi connectivity index (χ1v) is 12.3. The summed E-state index contributed by atoms with van der Waals surface area (Å²) in [5.74, 6) is 1.65. The number of rotatable bonds is 8. The molecule has 0 aliphatic carbocycles. The smallest absolute Gasteiger partial charge is 0.416 e. The number of aromatic nitrogens is 3. The Balaban J connectivity index is 1.47. The van der Waals surface area contributed by atoms with Crippen molar-refractivity contribution >= 4 is 28.6 Å². The van der Waals surface area contributed by atoms with Gasteiger partial charge < -0.3 is 29.4 Å². The van der Waals surface area contributed by atoms with Gasteiger partial charge in [-0.15, -0.1) is 0 Å². The number of halogens is 3. The minimum Gasteiger partial charge on any atom is -0.493 e. The molecule has 9 nitrogen and oxygen atoms in total. The van der Waals surface area contributed by atoms with E-state index in [0.29, 0.717) is 34.0 Å². The Kier molecular flexibility index (Phi) is 7.38. The number of anilines is 2. The molecule has 5 rings (SSSR count). The highest BCUT2D eigenvalue weighted by Gasteiger charge is 2.31. The average Bonchev–Trinajstić information content (AvgIpc) is 3.27. The van der Waals surface area contributed by atoms with E-state index in [1.807, 2.05) is 0 Å². The van der Waals surface area contributed by atoms with Gasteiger partial charge in [-0.25, -0.2) is 4.98 Å². The molecule has 0 spiro atoms. The number of carbonyl (C=O) groups excluding carboxylic acids is 1. The molecule has 5 aromatic rings. The molecule has 2 N–H and O–H groups in total. The van der Waals surface area contributed by atoms with Crippen LogP contribution in [-0.4, -0.2) is 34.6 Å². The molecule has 2 aromatic heterocycles. The van der Waals surface area contributed by atoms with Crippen LogP contribution < -0.4 is 24.8 Å². The average molecular weight is 564 g/mol. The maximum Gasteiger partial charge on any atom is 0.416 e. The minimum atomic E-state index is -4.57. The predicted molar refractivity (Wildman–Crippen MR) is 146 cm³/mol. The van der Waals surface area contributed by atoms with Crippen LogP contribution in [-0.2, 0) is 13.2 Å². The number of amides is 1. The molecule has 3 aromatic carbocycles. The molecule has 12 heteroatoms. The molecule has 0 bridgehead atoms. The van der Waals surface area contributed by atoms with Gasteiger partial charge in [-0.1, -0.05) is 12.1 Å². The van der Waals surface area contributed by atoms with Crippen LogP contribution in [0.15, 0.2) is 79.0 Å². The zero-order valence-electron chi connectivity index (χ0n) is 22.1. The Morgan fingerprint density at radius 2 is 1.66 bits per heavy atom. The molecule has 0 fully saturated rings. The van der Waals surface area contributed by atoms with Gasteiger partial charge in [-0.05, 0) is 48.5 Å². The molecule has 0 unspecified atom stereocenters. The normalized spacial score (nSPS) is 11.3. The molecular formula is C29H24F3N5O4. The molecule has 0 saturated heterocycles. The fraction of sp³-hybridized carbons (Fsp3) is 0.138. The number of alkyl halides is 3. The van der Waals surface area contributed by atoms with Crippen LogP contribution in [0.2, 0.25) is 0 Å². The summed E-state index contributed by atoms with van der Waals surface area (Å²) in [6.45, 7) is 0. The summed E-state index contributed by atoms with van der Waals surface area (Å²) in [5.41, 5.74) is 0.615. The van der Waals surface area contributed by atoms with Crippen molar-refractivity contribution in [3.05, 3.63) is 90.3 Å². The first kappa shape index (κ1) is 27.3. The van der Waals surface area contributed by atoms with Gasteiger partial charge in [0.15, 0.2) is 17.2 Å². The van der Waals surface area contributed by atoms with Gasteiger partial charge in [-0.3, -0.25) is 9.78 Å². The van der Waals surface area contributed by atoms with Crippen molar-refractivity contribution in [2.75, 3.05) is 19.5 Å².